The average Bonchev–Trinajstić information content (AvgIpc) is 2.51. The number of rotatable bonds is 3. The number of Topliss-reactive ketones (excluding diaryl/α,β-unsaturated/α-hetero) is 1. The SMILES string of the molecule is CCOC(=O)C[C@@H]1CCN(C(=O)OC(C)(C)C)CCC1=O. The van der Waals surface area contributed by atoms with Gasteiger partial charge in [0, 0.05) is 25.4 Å². The maximum absolute atomic E-state index is 12.0. The van der Waals surface area contributed by atoms with Gasteiger partial charge in [-0.15, -0.1) is 0 Å². The molecule has 0 aromatic rings. The van der Waals surface area contributed by atoms with Gasteiger partial charge in [-0.3, -0.25) is 9.59 Å². The first kappa shape index (κ1) is 17.5. The number of nitrogens with zero attached hydrogens (tertiary/aromatic N) is 1. The second-order valence-corrected chi connectivity index (χ2v) is 6.18. The Morgan fingerprint density at radius 3 is 2.52 bits per heavy atom. The highest BCUT2D eigenvalue weighted by Crippen LogP contribution is 2.20. The van der Waals surface area contributed by atoms with Gasteiger partial charge in [-0.05, 0) is 34.1 Å². The van der Waals surface area contributed by atoms with Crippen molar-refractivity contribution >= 4 is 17.8 Å². The molecule has 1 saturated heterocycles. The molecule has 0 N–H and O–H groups in total. The Labute approximate surface area is 125 Å². The first-order valence-electron chi connectivity index (χ1n) is 7.39. The fourth-order valence-electron chi connectivity index (χ4n) is 2.18. The Kier molecular flexibility index (Phi) is 6.18. The molecule has 0 saturated carbocycles. The Morgan fingerprint density at radius 1 is 1.29 bits per heavy atom. The number of hydrogen-bond acceptors (Lipinski definition) is 5. The van der Waals surface area contributed by atoms with Crippen LogP contribution in [0.1, 0.15) is 47.0 Å². The third-order valence-corrected chi connectivity index (χ3v) is 3.20. The molecule has 21 heavy (non-hydrogen) atoms. The van der Waals surface area contributed by atoms with Crippen LogP contribution >= 0.6 is 0 Å². The summed E-state index contributed by atoms with van der Waals surface area (Å²) >= 11 is 0. The lowest BCUT2D eigenvalue weighted by molar-refractivity contribution is -0.146. The molecule has 6 nitrogen and oxygen atoms in total. The molecule has 1 atom stereocenters. The molecule has 0 unspecified atom stereocenters. The highest BCUT2D eigenvalue weighted by atomic mass is 16.6. The fourth-order valence-corrected chi connectivity index (χ4v) is 2.18. The van der Waals surface area contributed by atoms with E-state index in [2.05, 4.69) is 0 Å². The minimum atomic E-state index is -0.558. The lowest BCUT2D eigenvalue weighted by Gasteiger charge is -2.26. The number of ether oxygens (including phenoxy) is 2. The standard InChI is InChI=1S/C15H25NO5/c1-5-20-13(18)10-11-6-8-16(9-7-12(11)17)14(19)21-15(2,3)4/h11H,5-10H2,1-4H3/t11-/m0/s1. The second kappa shape index (κ2) is 7.43. The summed E-state index contributed by atoms with van der Waals surface area (Å²) in [5.41, 5.74) is -0.558. The van der Waals surface area contributed by atoms with Crippen LogP contribution in [0, 0.1) is 5.92 Å². The normalized spacial score (nSPS) is 19.9. The maximum Gasteiger partial charge on any atom is 0.410 e. The van der Waals surface area contributed by atoms with Gasteiger partial charge in [0.05, 0.1) is 13.0 Å². The lowest BCUT2D eigenvalue weighted by atomic mass is 9.96. The van der Waals surface area contributed by atoms with Crippen LogP contribution in [-0.4, -0.2) is 48.0 Å². The third-order valence-electron chi connectivity index (χ3n) is 3.20. The van der Waals surface area contributed by atoms with Gasteiger partial charge in [0.25, 0.3) is 0 Å². The van der Waals surface area contributed by atoms with E-state index in [1.807, 2.05) is 0 Å². The number of amides is 1. The first-order chi connectivity index (χ1) is 9.73. The quantitative estimate of drug-likeness (QED) is 0.747. The molecule has 1 rings (SSSR count). The van der Waals surface area contributed by atoms with Gasteiger partial charge in [-0.25, -0.2) is 4.79 Å². The molecule has 0 spiro atoms. The van der Waals surface area contributed by atoms with Crippen molar-refractivity contribution in [2.24, 2.45) is 5.92 Å². The fraction of sp³-hybridized carbons (Fsp3) is 0.800. The van der Waals surface area contributed by atoms with Crippen molar-refractivity contribution < 1.29 is 23.9 Å². The smallest absolute Gasteiger partial charge is 0.410 e. The largest absolute Gasteiger partial charge is 0.466 e. The minimum Gasteiger partial charge on any atom is -0.466 e. The van der Waals surface area contributed by atoms with E-state index in [0.29, 0.717) is 26.1 Å². The van der Waals surface area contributed by atoms with Crippen molar-refractivity contribution in [2.75, 3.05) is 19.7 Å². The van der Waals surface area contributed by atoms with E-state index in [4.69, 9.17) is 9.47 Å². The number of carbonyl (C=O) groups is 3. The van der Waals surface area contributed by atoms with Crippen molar-refractivity contribution in [2.45, 2.75) is 52.6 Å². The summed E-state index contributed by atoms with van der Waals surface area (Å²) in [7, 11) is 0. The average molecular weight is 299 g/mol. The minimum absolute atomic E-state index is 0.00844. The van der Waals surface area contributed by atoms with Gasteiger partial charge < -0.3 is 14.4 Å². The molecule has 0 bridgehead atoms. The van der Waals surface area contributed by atoms with Crippen molar-refractivity contribution in [1.82, 2.24) is 4.90 Å². The summed E-state index contributed by atoms with van der Waals surface area (Å²) < 4.78 is 10.2. The maximum atomic E-state index is 12.0. The molecule has 120 valence electrons. The summed E-state index contributed by atoms with van der Waals surface area (Å²) in [6.07, 6.45) is 0.404. The zero-order chi connectivity index (χ0) is 16.0. The number of hydrogen-bond donors (Lipinski definition) is 0. The number of likely N-dealkylation sites (tertiary alicyclic amines) is 1. The van der Waals surface area contributed by atoms with Crippen molar-refractivity contribution in [3.05, 3.63) is 0 Å². The Balaban J connectivity index is 2.57. The Hall–Kier alpha value is -1.59. The van der Waals surface area contributed by atoms with Gasteiger partial charge in [0.2, 0.25) is 0 Å². The van der Waals surface area contributed by atoms with Crippen molar-refractivity contribution in [3.8, 4) is 0 Å². The van der Waals surface area contributed by atoms with Crippen LogP contribution in [0.3, 0.4) is 0 Å². The zero-order valence-corrected chi connectivity index (χ0v) is 13.3. The summed E-state index contributed by atoms with van der Waals surface area (Å²) in [4.78, 5) is 37.1. The van der Waals surface area contributed by atoms with E-state index < -0.39 is 11.7 Å². The Morgan fingerprint density at radius 2 is 1.95 bits per heavy atom. The lowest BCUT2D eigenvalue weighted by Crippen LogP contribution is -2.37. The van der Waals surface area contributed by atoms with Gasteiger partial charge >= 0.3 is 12.1 Å². The van der Waals surface area contributed by atoms with Crippen LogP contribution < -0.4 is 0 Å². The van der Waals surface area contributed by atoms with Crippen LogP contribution in [0.15, 0.2) is 0 Å². The number of carbonyl (C=O) groups excluding carboxylic acids is 3. The third kappa shape index (κ3) is 6.14. The van der Waals surface area contributed by atoms with E-state index in [9.17, 15) is 14.4 Å². The molecule has 1 aliphatic heterocycles. The Bertz CT molecular complexity index is 399. The molecule has 1 fully saturated rings. The van der Waals surface area contributed by atoms with E-state index in [1.165, 1.54) is 4.90 Å². The monoisotopic (exact) mass is 299 g/mol. The van der Waals surface area contributed by atoms with Crippen molar-refractivity contribution in [3.63, 3.8) is 0 Å². The van der Waals surface area contributed by atoms with Crippen LogP contribution in [0.2, 0.25) is 0 Å². The van der Waals surface area contributed by atoms with Gasteiger partial charge in [0.1, 0.15) is 11.4 Å². The zero-order valence-electron chi connectivity index (χ0n) is 13.3. The van der Waals surface area contributed by atoms with Crippen molar-refractivity contribution in [1.29, 1.82) is 0 Å². The molecular weight excluding hydrogens is 274 g/mol. The molecule has 0 aromatic heterocycles. The predicted octanol–water partition coefficient (Wildman–Crippen LogP) is 2.16. The van der Waals surface area contributed by atoms with E-state index in [0.717, 1.165) is 0 Å². The van der Waals surface area contributed by atoms with Crippen LogP contribution in [-0.2, 0) is 19.1 Å². The van der Waals surface area contributed by atoms with E-state index in [-0.39, 0.29) is 30.5 Å². The summed E-state index contributed by atoms with van der Waals surface area (Å²) in [6, 6.07) is 0. The van der Waals surface area contributed by atoms with Crippen LogP contribution in [0.4, 0.5) is 4.79 Å². The molecule has 0 aromatic carbocycles. The summed E-state index contributed by atoms with van der Waals surface area (Å²) in [5, 5.41) is 0. The molecule has 1 heterocycles. The van der Waals surface area contributed by atoms with E-state index >= 15 is 0 Å². The highest BCUT2D eigenvalue weighted by Gasteiger charge is 2.30. The van der Waals surface area contributed by atoms with Gasteiger partial charge in [-0.1, -0.05) is 0 Å². The predicted molar refractivity (Wildman–Crippen MR) is 76.8 cm³/mol. The molecule has 0 radical (unpaired) electrons. The second-order valence-electron chi connectivity index (χ2n) is 6.18. The number of esters is 1. The van der Waals surface area contributed by atoms with Gasteiger partial charge in [-0.2, -0.15) is 0 Å². The highest BCUT2D eigenvalue weighted by molar-refractivity contribution is 5.86. The van der Waals surface area contributed by atoms with Crippen LogP contribution in [0.25, 0.3) is 0 Å². The molecule has 0 aliphatic carbocycles. The van der Waals surface area contributed by atoms with E-state index in [1.54, 1.807) is 27.7 Å². The first-order valence-corrected chi connectivity index (χ1v) is 7.39. The molecule has 1 aliphatic rings. The summed E-state index contributed by atoms with van der Waals surface area (Å²) in [6.45, 7) is 8.21. The molecular formula is C15H25NO5. The number of ketones is 1. The van der Waals surface area contributed by atoms with Gasteiger partial charge in [0.15, 0.2) is 0 Å². The van der Waals surface area contributed by atoms with Crippen LogP contribution in [0.5, 0.6) is 0 Å². The summed E-state index contributed by atoms with van der Waals surface area (Å²) in [5.74, 6) is -0.716. The topological polar surface area (TPSA) is 72.9 Å². The molecule has 1 amide bonds. The molecule has 6 heteroatoms.